The summed E-state index contributed by atoms with van der Waals surface area (Å²) in [7, 11) is -2.18. The van der Waals surface area contributed by atoms with Crippen LogP contribution in [0, 0.1) is 0 Å². The van der Waals surface area contributed by atoms with Gasteiger partial charge >= 0.3 is 5.97 Å². The van der Waals surface area contributed by atoms with Gasteiger partial charge in [0.15, 0.2) is 0 Å². The number of aliphatic carboxylic acids is 1. The van der Waals surface area contributed by atoms with Crippen LogP contribution in [-0.4, -0.2) is 55.4 Å². The zero-order valence-electron chi connectivity index (χ0n) is 12.5. The molecule has 2 rings (SSSR count). The molecule has 0 aliphatic carbocycles. The van der Waals surface area contributed by atoms with E-state index in [0.29, 0.717) is 19.3 Å². The van der Waals surface area contributed by atoms with Crippen molar-refractivity contribution >= 4 is 16.0 Å². The third-order valence-corrected chi connectivity index (χ3v) is 5.83. The quantitative estimate of drug-likeness (QED) is 0.811. The predicted molar refractivity (Wildman–Crippen MR) is 82.1 cm³/mol. The van der Waals surface area contributed by atoms with Crippen LogP contribution in [0.3, 0.4) is 0 Å². The average molecular weight is 327 g/mol. The van der Waals surface area contributed by atoms with Gasteiger partial charge in [0, 0.05) is 13.7 Å². The van der Waals surface area contributed by atoms with Crippen molar-refractivity contribution in [1.29, 1.82) is 0 Å². The third kappa shape index (κ3) is 4.06. The number of hydrogen-bond acceptors (Lipinski definition) is 4. The molecule has 0 spiro atoms. The molecule has 1 N–H and O–H groups in total. The van der Waals surface area contributed by atoms with Gasteiger partial charge in [-0.15, -0.1) is 0 Å². The Balaban J connectivity index is 2.07. The van der Waals surface area contributed by atoms with E-state index in [2.05, 4.69) is 0 Å². The zero-order chi connectivity index (χ0) is 16.2. The lowest BCUT2D eigenvalue weighted by molar-refractivity contribution is -0.140. The van der Waals surface area contributed by atoms with E-state index < -0.39 is 28.1 Å². The summed E-state index contributed by atoms with van der Waals surface area (Å²) in [6.07, 6.45) is 0.919. The lowest BCUT2D eigenvalue weighted by Gasteiger charge is -2.24. The Morgan fingerprint density at radius 1 is 1.41 bits per heavy atom. The van der Waals surface area contributed by atoms with Gasteiger partial charge in [-0.2, -0.15) is 4.31 Å². The molecule has 2 atom stereocenters. The average Bonchev–Trinajstić information content (AvgIpc) is 2.98. The molecule has 1 saturated heterocycles. The molecule has 1 fully saturated rings. The molecule has 0 radical (unpaired) electrons. The molecule has 1 unspecified atom stereocenters. The zero-order valence-corrected chi connectivity index (χ0v) is 13.3. The van der Waals surface area contributed by atoms with E-state index in [1.807, 2.05) is 30.3 Å². The van der Waals surface area contributed by atoms with E-state index >= 15 is 0 Å². The molecule has 1 aliphatic rings. The lowest BCUT2D eigenvalue weighted by Crippen LogP contribution is -2.44. The van der Waals surface area contributed by atoms with Crippen LogP contribution in [0.1, 0.15) is 18.4 Å². The van der Waals surface area contributed by atoms with Gasteiger partial charge in [0.2, 0.25) is 10.0 Å². The number of hydrogen-bond donors (Lipinski definition) is 1. The van der Waals surface area contributed by atoms with Crippen molar-refractivity contribution in [2.45, 2.75) is 31.4 Å². The van der Waals surface area contributed by atoms with E-state index in [-0.39, 0.29) is 12.3 Å². The fourth-order valence-corrected chi connectivity index (χ4v) is 4.64. The fraction of sp³-hybridized carbons (Fsp3) is 0.533. The van der Waals surface area contributed by atoms with Gasteiger partial charge in [-0.3, -0.25) is 4.79 Å². The van der Waals surface area contributed by atoms with Crippen LogP contribution in [0.15, 0.2) is 30.3 Å². The fourth-order valence-electron chi connectivity index (χ4n) is 2.74. The maximum Gasteiger partial charge on any atom is 0.322 e. The first kappa shape index (κ1) is 16.9. The Kier molecular flexibility index (Phi) is 5.55. The van der Waals surface area contributed by atoms with Gasteiger partial charge < -0.3 is 9.84 Å². The summed E-state index contributed by atoms with van der Waals surface area (Å²) in [6, 6.07) is 8.54. The molecule has 7 heteroatoms. The third-order valence-electron chi connectivity index (χ3n) is 3.88. The first-order valence-corrected chi connectivity index (χ1v) is 8.84. The second kappa shape index (κ2) is 7.21. The molecule has 1 heterocycles. The molecular weight excluding hydrogens is 306 g/mol. The Labute approximate surface area is 130 Å². The number of carboxylic acid groups (broad SMARTS) is 1. The molecule has 6 nitrogen and oxygen atoms in total. The number of sulfonamides is 1. The van der Waals surface area contributed by atoms with Crippen molar-refractivity contribution in [2.24, 2.45) is 0 Å². The predicted octanol–water partition coefficient (Wildman–Crippen LogP) is 1.12. The SMILES string of the molecule is COC(Cc1ccccc1)CS(=O)(=O)N1CCC[C@H]1C(=O)O. The van der Waals surface area contributed by atoms with Gasteiger partial charge in [-0.25, -0.2) is 8.42 Å². The van der Waals surface area contributed by atoms with Gasteiger partial charge in [0.1, 0.15) is 6.04 Å². The number of ether oxygens (including phenoxy) is 1. The highest BCUT2D eigenvalue weighted by Gasteiger charge is 2.39. The lowest BCUT2D eigenvalue weighted by atomic mass is 10.1. The van der Waals surface area contributed by atoms with Crippen LogP contribution in [0.5, 0.6) is 0 Å². The Hall–Kier alpha value is -1.44. The normalized spacial score (nSPS) is 20.9. The van der Waals surface area contributed by atoms with Gasteiger partial charge in [0.25, 0.3) is 0 Å². The minimum atomic E-state index is -3.66. The maximum atomic E-state index is 12.5. The number of carbonyl (C=O) groups is 1. The smallest absolute Gasteiger partial charge is 0.322 e. The van der Waals surface area contributed by atoms with Crippen molar-refractivity contribution in [3.63, 3.8) is 0 Å². The monoisotopic (exact) mass is 327 g/mol. The Morgan fingerprint density at radius 2 is 2.09 bits per heavy atom. The number of nitrogens with zero attached hydrogens (tertiary/aromatic N) is 1. The summed E-state index contributed by atoms with van der Waals surface area (Å²) in [5, 5.41) is 9.14. The maximum absolute atomic E-state index is 12.5. The molecule has 0 bridgehead atoms. The second-order valence-corrected chi connectivity index (χ2v) is 7.40. The molecule has 1 aliphatic heterocycles. The minimum absolute atomic E-state index is 0.206. The summed E-state index contributed by atoms with van der Waals surface area (Å²) < 4.78 is 31.4. The highest BCUT2D eigenvalue weighted by atomic mass is 32.2. The van der Waals surface area contributed by atoms with Gasteiger partial charge in [-0.05, 0) is 24.8 Å². The van der Waals surface area contributed by atoms with Crippen LogP contribution >= 0.6 is 0 Å². The van der Waals surface area contributed by atoms with E-state index in [9.17, 15) is 13.2 Å². The first-order chi connectivity index (χ1) is 10.4. The van der Waals surface area contributed by atoms with Crippen LogP contribution in [0.4, 0.5) is 0 Å². The van der Waals surface area contributed by atoms with Crippen molar-refractivity contribution in [3.8, 4) is 0 Å². The summed E-state index contributed by atoms with van der Waals surface area (Å²) in [5.41, 5.74) is 0.987. The number of methoxy groups -OCH3 is 1. The van der Waals surface area contributed by atoms with Gasteiger partial charge in [0.05, 0.1) is 11.9 Å². The summed E-state index contributed by atoms with van der Waals surface area (Å²) in [5.74, 6) is -1.29. The minimum Gasteiger partial charge on any atom is -0.480 e. The van der Waals surface area contributed by atoms with E-state index in [4.69, 9.17) is 9.84 Å². The number of carboxylic acids is 1. The van der Waals surface area contributed by atoms with Crippen LogP contribution < -0.4 is 0 Å². The highest BCUT2D eigenvalue weighted by Crippen LogP contribution is 2.23. The molecule has 22 heavy (non-hydrogen) atoms. The molecule has 0 amide bonds. The van der Waals surface area contributed by atoms with Crippen LogP contribution in [0.25, 0.3) is 0 Å². The van der Waals surface area contributed by atoms with Gasteiger partial charge in [-0.1, -0.05) is 30.3 Å². The molecule has 0 saturated carbocycles. The molecular formula is C15H21NO5S. The van der Waals surface area contributed by atoms with Crippen molar-refractivity contribution in [3.05, 3.63) is 35.9 Å². The first-order valence-electron chi connectivity index (χ1n) is 7.23. The topological polar surface area (TPSA) is 83.9 Å². The largest absolute Gasteiger partial charge is 0.480 e. The molecule has 1 aromatic rings. The summed E-state index contributed by atoms with van der Waals surface area (Å²) >= 11 is 0. The van der Waals surface area contributed by atoms with E-state index in [1.54, 1.807) is 0 Å². The Morgan fingerprint density at radius 3 is 2.68 bits per heavy atom. The number of benzene rings is 1. The molecule has 0 aromatic heterocycles. The summed E-state index contributed by atoms with van der Waals surface area (Å²) in [4.78, 5) is 11.2. The Bertz CT molecular complexity index is 602. The van der Waals surface area contributed by atoms with Crippen LogP contribution in [0.2, 0.25) is 0 Å². The van der Waals surface area contributed by atoms with E-state index in [0.717, 1.165) is 9.87 Å². The van der Waals surface area contributed by atoms with E-state index in [1.165, 1.54) is 7.11 Å². The van der Waals surface area contributed by atoms with Crippen LogP contribution in [-0.2, 0) is 26.0 Å². The van der Waals surface area contributed by atoms with Crippen molar-refractivity contribution < 1.29 is 23.1 Å². The second-order valence-electron chi connectivity index (χ2n) is 5.43. The van der Waals surface area contributed by atoms with Crippen molar-refractivity contribution in [1.82, 2.24) is 4.31 Å². The van der Waals surface area contributed by atoms with Crippen molar-refractivity contribution in [2.75, 3.05) is 19.4 Å². The summed E-state index contributed by atoms with van der Waals surface area (Å²) in [6.45, 7) is 0.265. The molecule has 122 valence electrons. The number of rotatable bonds is 7. The molecule has 1 aromatic carbocycles. The highest BCUT2D eigenvalue weighted by molar-refractivity contribution is 7.89. The standard InChI is InChI=1S/C15H21NO5S/c1-21-13(10-12-6-3-2-4-7-12)11-22(19,20)16-9-5-8-14(16)15(17)18/h2-4,6-7,13-14H,5,8-11H2,1H3,(H,17,18)/t13?,14-/m0/s1.